The highest BCUT2D eigenvalue weighted by Gasteiger charge is 2.14. The lowest BCUT2D eigenvalue weighted by Gasteiger charge is -2.14. The molecule has 118 valence electrons. The summed E-state index contributed by atoms with van der Waals surface area (Å²) < 4.78 is 0.932. The lowest BCUT2D eigenvalue weighted by atomic mass is 10.2. The molecule has 0 fully saturated rings. The monoisotopic (exact) mass is 362 g/mol. The van der Waals surface area contributed by atoms with Crippen molar-refractivity contribution in [3.8, 4) is 0 Å². The molecular formula is C17H15ClN2OS2. The molecule has 0 aromatic heterocycles. The Morgan fingerprint density at radius 3 is 3.04 bits per heavy atom. The molecule has 3 nitrogen and oxygen atoms in total. The Kier molecular flexibility index (Phi) is 5.30. The third kappa shape index (κ3) is 4.31. The molecule has 0 unspecified atom stereocenters. The standard InChI is InChI=1S/C17H15ClN2OS2/c1-11-6-7-13(18)8-15(11)19-16(21)10-23-17-20-14-5-3-2-4-12(14)9-22-17/h2-8H,9-10H2,1H3,(H,19,21). The fourth-order valence-electron chi connectivity index (χ4n) is 2.13. The second-order valence-electron chi connectivity index (χ2n) is 5.09. The van der Waals surface area contributed by atoms with Gasteiger partial charge in [-0.05, 0) is 36.2 Å². The van der Waals surface area contributed by atoms with Crippen LogP contribution in [0, 0.1) is 6.92 Å². The number of nitrogens with zero attached hydrogens (tertiary/aromatic N) is 1. The van der Waals surface area contributed by atoms with Crippen LogP contribution in [-0.2, 0) is 10.5 Å². The summed E-state index contributed by atoms with van der Waals surface area (Å²) in [4.78, 5) is 16.7. The van der Waals surface area contributed by atoms with E-state index in [2.05, 4.69) is 16.4 Å². The summed E-state index contributed by atoms with van der Waals surface area (Å²) in [5.41, 5.74) is 3.98. The largest absolute Gasteiger partial charge is 0.325 e. The zero-order chi connectivity index (χ0) is 16.2. The van der Waals surface area contributed by atoms with Crippen molar-refractivity contribution in [2.24, 2.45) is 4.99 Å². The summed E-state index contributed by atoms with van der Waals surface area (Å²) >= 11 is 9.11. The van der Waals surface area contributed by atoms with Crippen LogP contribution in [0.2, 0.25) is 5.02 Å². The normalized spacial score (nSPS) is 13.2. The quantitative estimate of drug-likeness (QED) is 0.810. The molecule has 0 bridgehead atoms. The summed E-state index contributed by atoms with van der Waals surface area (Å²) in [5.74, 6) is 1.18. The number of rotatable bonds is 3. The smallest absolute Gasteiger partial charge is 0.234 e. The van der Waals surface area contributed by atoms with Crippen molar-refractivity contribution in [2.45, 2.75) is 12.7 Å². The van der Waals surface area contributed by atoms with Gasteiger partial charge in [0.25, 0.3) is 0 Å². The first kappa shape index (κ1) is 16.4. The van der Waals surface area contributed by atoms with Gasteiger partial charge in [0.1, 0.15) is 4.38 Å². The second kappa shape index (κ2) is 7.43. The van der Waals surface area contributed by atoms with Crippen LogP contribution >= 0.6 is 35.1 Å². The van der Waals surface area contributed by atoms with Crippen LogP contribution in [0.25, 0.3) is 0 Å². The maximum absolute atomic E-state index is 12.1. The van der Waals surface area contributed by atoms with E-state index < -0.39 is 0 Å². The van der Waals surface area contributed by atoms with Crippen molar-refractivity contribution in [3.63, 3.8) is 0 Å². The number of hydrogen-bond donors (Lipinski definition) is 1. The molecule has 23 heavy (non-hydrogen) atoms. The average Bonchev–Trinajstić information content (AvgIpc) is 2.56. The number of hydrogen-bond acceptors (Lipinski definition) is 4. The molecular weight excluding hydrogens is 348 g/mol. The van der Waals surface area contributed by atoms with Crippen molar-refractivity contribution >= 4 is 56.8 Å². The van der Waals surface area contributed by atoms with Crippen molar-refractivity contribution in [1.29, 1.82) is 0 Å². The molecule has 2 aromatic carbocycles. The zero-order valence-electron chi connectivity index (χ0n) is 12.5. The second-order valence-corrected chi connectivity index (χ2v) is 7.71. The number of anilines is 1. The predicted octanol–water partition coefficient (Wildman–Crippen LogP) is 5.25. The number of benzene rings is 2. The first-order chi connectivity index (χ1) is 11.1. The van der Waals surface area contributed by atoms with Crippen molar-refractivity contribution < 1.29 is 4.79 Å². The molecule has 1 aliphatic rings. The number of nitrogens with one attached hydrogen (secondary N) is 1. The Balaban J connectivity index is 1.60. The van der Waals surface area contributed by atoms with Crippen molar-refractivity contribution in [2.75, 3.05) is 11.1 Å². The highest BCUT2D eigenvalue weighted by Crippen LogP contribution is 2.34. The van der Waals surface area contributed by atoms with Crippen LogP contribution in [0.5, 0.6) is 0 Å². The topological polar surface area (TPSA) is 41.5 Å². The Bertz CT molecular complexity index is 777. The number of fused-ring (bicyclic) bond motifs is 1. The molecule has 6 heteroatoms. The molecule has 3 rings (SSSR count). The van der Waals surface area contributed by atoms with Crippen LogP contribution < -0.4 is 5.32 Å². The molecule has 0 spiro atoms. The molecule has 0 atom stereocenters. The Hall–Kier alpha value is -1.43. The predicted molar refractivity (Wildman–Crippen MR) is 102 cm³/mol. The number of halogens is 1. The van der Waals surface area contributed by atoms with Gasteiger partial charge in [0.15, 0.2) is 0 Å². The minimum Gasteiger partial charge on any atom is -0.325 e. The molecule has 1 amide bonds. The van der Waals surface area contributed by atoms with E-state index in [1.807, 2.05) is 37.3 Å². The van der Waals surface area contributed by atoms with E-state index in [4.69, 9.17) is 11.6 Å². The number of thioether (sulfide) groups is 2. The van der Waals surface area contributed by atoms with Gasteiger partial charge in [-0.25, -0.2) is 4.99 Å². The fraction of sp³-hybridized carbons (Fsp3) is 0.176. The Morgan fingerprint density at radius 2 is 2.17 bits per heavy atom. The first-order valence-electron chi connectivity index (χ1n) is 7.10. The van der Waals surface area contributed by atoms with E-state index in [0.717, 1.165) is 27.1 Å². The summed E-state index contributed by atoms with van der Waals surface area (Å²) in [5, 5.41) is 3.51. The summed E-state index contributed by atoms with van der Waals surface area (Å²) in [6, 6.07) is 13.6. The van der Waals surface area contributed by atoms with Gasteiger partial charge in [-0.3, -0.25) is 4.79 Å². The van der Waals surface area contributed by atoms with E-state index >= 15 is 0 Å². The zero-order valence-corrected chi connectivity index (χ0v) is 14.9. The molecule has 1 heterocycles. The van der Waals surface area contributed by atoms with Gasteiger partial charge < -0.3 is 5.32 Å². The van der Waals surface area contributed by atoms with Crippen LogP contribution in [0.4, 0.5) is 11.4 Å². The van der Waals surface area contributed by atoms with E-state index in [9.17, 15) is 4.79 Å². The van der Waals surface area contributed by atoms with Gasteiger partial charge in [-0.1, -0.05) is 59.4 Å². The SMILES string of the molecule is Cc1ccc(Cl)cc1NC(=O)CSC1=Nc2ccccc2CS1. The van der Waals surface area contributed by atoms with Crippen molar-refractivity contribution in [3.05, 3.63) is 58.6 Å². The van der Waals surface area contributed by atoms with Crippen LogP contribution in [0.1, 0.15) is 11.1 Å². The number of carbonyl (C=O) groups is 1. The van der Waals surface area contributed by atoms with Crippen molar-refractivity contribution in [1.82, 2.24) is 0 Å². The number of aryl methyl sites for hydroxylation is 1. The number of aliphatic imine (C=N–C) groups is 1. The van der Waals surface area contributed by atoms with Crippen LogP contribution in [-0.4, -0.2) is 16.0 Å². The molecule has 1 aliphatic heterocycles. The fourth-order valence-corrected chi connectivity index (χ4v) is 4.16. The Morgan fingerprint density at radius 1 is 1.35 bits per heavy atom. The molecule has 1 N–H and O–H groups in total. The molecule has 0 aliphatic carbocycles. The lowest BCUT2D eigenvalue weighted by molar-refractivity contribution is -0.113. The van der Waals surface area contributed by atoms with E-state index in [1.165, 1.54) is 17.3 Å². The maximum Gasteiger partial charge on any atom is 0.234 e. The highest BCUT2D eigenvalue weighted by atomic mass is 35.5. The van der Waals surface area contributed by atoms with E-state index in [0.29, 0.717) is 10.8 Å². The minimum atomic E-state index is -0.0532. The first-order valence-corrected chi connectivity index (χ1v) is 9.45. The highest BCUT2D eigenvalue weighted by molar-refractivity contribution is 8.38. The third-order valence-corrected chi connectivity index (χ3v) is 5.84. The summed E-state index contributed by atoms with van der Waals surface area (Å²) in [7, 11) is 0. The van der Waals surface area contributed by atoms with E-state index in [1.54, 1.807) is 17.8 Å². The molecule has 2 aromatic rings. The van der Waals surface area contributed by atoms with Gasteiger partial charge in [0.05, 0.1) is 11.4 Å². The molecule has 0 saturated carbocycles. The number of amides is 1. The third-order valence-electron chi connectivity index (χ3n) is 3.35. The van der Waals surface area contributed by atoms with Crippen LogP contribution in [0.15, 0.2) is 47.5 Å². The van der Waals surface area contributed by atoms with Gasteiger partial charge >= 0.3 is 0 Å². The molecule has 0 radical (unpaired) electrons. The Labute approximate surface area is 148 Å². The van der Waals surface area contributed by atoms with Gasteiger partial charge in [0.2, 0.25) is 5.91 Å². The summed E-state index contributed by atoms with van der Waals surface area (Å²) in [6.07, 6.45) is 0. The molecule has 0 saturated heterocycles. The summed E-state index contributed by atoms with van der Waals surface area (Å²) in [6.45, 7) is 1.94. The van der Waals surface area contributed by atoms with Gasteiger partial charge in [-0.15, -0.1) is 0 Å². The van der Waals surface area contributed by atoms with Gasteiger partial charge in [-0.2, -0.15) is 0 Å². The van der Waals surface area contributed by atoms with E-state index in [-0.39, 0.29) is 5.91 Å². The van der Waals surface area contributed by atoms with Crippen LogP contribution in [0.3, 0.4) is 0 Å². The average molecular weight is 363 g/mol. The number of para-hydroxylation sites is 1. The van der Waals surface area contributed by atoms with Gasteiger partial charge in [0, 0.05) is 16.5 Å². The minimum absolute atomic E-state index is 0.0532. The lowest BCUT2D eigenvalue weighted by Crippen LogP contribution is -2.16. The maximum atomic E-state index is 12.1. The number of carbonyl (C=O) groups excluding carboxylic acids is 1.